The van der Waals surface area contributed by atoms with Gasteiger partial charge in [-0.15, -0.1) is 16.4 Å². The number of rotatable bonds is 3. The van der Waals surface area contributed by atoms with Crippen LogP contribution in [-0.2, 0) is 16.2 Å². The standard InChI is InChI=1S/C42H50B5N/c1-40(2,3)24-20-23(21-25(22-24)41(4,5)6)27-16-13-17-29-31(27)33-30(48(29)26-14-11-10-12-15-26)19-18-28(34(33)42(7,8)9)32-35(43)37(45)39(47)38(46)36(32)44/h10-22H,43-47H2,1-9H3. The van der Waals surface area contributed by atoms with Crippen LogP contribution in [0.25, 0.3) is 49.7 Å². The Kier molecular flexibility index (Phi) is 8.30. The first-order chi connectivity index (χ1) is 22.3. The van der Waals surface area contributed by atoms with E-state index in [1.165, 1.54) is 93.8 Å². The van der Waals surface area contributed by atoms with E-state index in [4.69, 9.17) is 0 Å². The topological polar surface area (TPSA) is 4.93 Å². The summed E-state index contributed by atoms with van der Waals surface area (Å²) in [5.41, 5.74) is 20.1. The van der Waals surface area contributed by atoms with Crippen molar-refractivity contribution in [2.24, 2.45) is 0 Å². The van der Waals surface area contributed by atoms with Gasteiger partial charge in [-0.3, -0.25) is 0 Å². The van der Waals surface area contributed by atoms with Crippen molar-refractivity contribution in [3.8, 4) is 27.9 Å². The van der Waals surface area contributed by atoms with Crippen LogP contribution in [0.4, 0.5) is 0 Å². The quantitative estimate of drug-likeness (QED) is 0.267. The summed E-state index contributed by atoms with van der Waals surface area (Å²) in [5.74, 6) is 0. The Hall–Kier alpha value is -3.78. The monoisotopic (exact) mass is 623 g/mol. The molecule has 0 amide bonds. The molecule has 0 saturated carbocycles. The van der Waals surface area contributed by atoms with Gasteiger partial charge in [-0.25, -0.2) is 0 Å². The van der Waals surface area contributed by atoms with Gasteiger partial charge in [-0.1, -0.05) is 128 Å². The third kappa shape index (κ3) is 5.60. The van der Waals surface area contributed by atoms with E-state index < -0.39 is 0 Å². The largest absolute Gasteiger partial charge is 0.309 e. The molecule has 0 radical (unpaired) electrons. The molecule has 1 heterocycles. The van der Waals surface area contributed by atoms with Crippen LogP contribution in [0, 0.1) is 0 Å². The lowest BCUT2D eigenvalue weighted by Crippen LogP contribution is -2.55. The molecule has 0 aliphatic heterocycles. The van der Waals surface area contributed by atoms with Crippen molar-refractivity contribution < 1.29 is 0 Å². The second kappa shape index (κ2) is 11.7. The fourth-order valence-electron chi connectivity index (χ4n) is 7.79. The van der Waals surface area contributed by atoms with Crippen molar-refractivity contribution in [2.45, 2.75) is 78.6 Å². The number of para-hydroxylation sites is 1. The van der Waals surface area contributed by atoms with E-state index in [1.54, 1.807) is 0 Å². The fraction of sp³-hybridized carbons (Fsp3) is 0.286. The summed E-state index contributed by atoms with van der Waals surface area (Å²) in [6.07, 6.45) is 0. The molecule has 0 unspecified atom stereocenters. The number of aromatic nitrogens is 1. The first-order valence-corrected chi connectivity index (χ1v) is 17.7. The number of hydrogen-bond donors (Lipinski definition) is 0. The minimum Gasteiger partial charge on any atom is -0.309 e. The van der Waals surface area contributed by atoms with E-state index in [9.17, 15) is 0 Å². The maximum Gasteiger partial charge on any atom is 0.139 e. The van der Waals surface area contributed by atoms with Crippen molar-refractivity contribution >= 4 is 88.4 Å². The highest BCUT2D eigenvalue weighted by atomic mass is 15.0. The van der Waals surface area contributed by atoms with Crippen LogP contribution < -0.4 is 27.3 Å². The van der Waals surface area contributed by atoms with E-state index in [2.05, 4.69) is 185 Å². The van der Waals surface area contributed by atoms with Gasteiger partial charge in [0.1, 0.15) is 39.2 Å². The molecule has 1 nitrogen and oxygen atoms in total. The van der Waals surface area contributed by atoms with Gasteiger partial charge in [-0.05, 0) is 79.5 Å². The van der Waals surface area contributed by atoms with Crippen molar-refractivity contribution in [1.82, 2.24) is 4.57 Å². The molecule has 1 aromatic heterocycles. The molecule has 6 heteroatoms. The number of hydrogen-bond acceptors (Lipinski definition) is 0. The van der Waals surface area contributed by atoms with Crippen LogP contribution in [0.3, 0.4) is 0 Å². The van der Waals surface area contributed by atoms with Crippen LogP contribution in [0.2, 0.25) is 0 Å². The molecule has 6 aromatic rings. The lowest BCUT2D eigenvalue weighted by Gasteiger charge is -2.29. The zero-order valence-electron chi connectivity index (χ0n) is 32.0. The summed E-state index contributed by atoms with van der Waals surface area (Å²) in [7, 11) is 11.5. The molecule has 0 atom stereocenters. The second-order valence-electron chi connectivity index (χ2n) is 17.3. The fourth-order valence-corrected chi connectivity index (χ4v) is 7.79. The van der Waals surface area contributed by atoms with Gasteiger partial charge in [0.2, 0.25) is 0 Å². The first-order valence-electron chi connectivity index (χ1n) is 17.7. The average Bonchev–Trinajstić information content (AvgIpc) is 3.36. The highest BCUT2D eigenvalue weighted by molar-refractivity contribution is 6.68. The van der Waals surface area contributed by atoms with Gasteiger partial charge in [0.05, 0.1) is 11.0 Å². The normalized spacial score (nSPS) is 12.7. The Morgan fingerprint density at radius 3 is 1.50 bits per heavy atom. The minimum absolute atomic E-state index is 0.0297. The van der Waals surface area contributed by atoms with Crippen LogP contribution in [0.15, 0.2) is 78.9 Å². The molecule has 5 aromatic carbocycles. The summed E-state index contributed by atoms with van der Waals surface area (Å²) in [6.45, 7) is 21.2. The number of fused-ring (bicyclic) bond motifs is 3. The minimum atomic E-state index is -0.118. The van der Waals surface area contributed by atoms with Crippen LogP contribution in [0.1, 0.15) is 79.0 Å². The molecule has 6 rings (SSSR count). The predicted octanol–water partition coefficient (Wildman–Crippen LogP) is 3.30. The molecule has 238 valence electrons. The summed E-state index contributed by atoms with van der Waals surface area (Å²) >= 11 is 0. The van der Waals surface area contributed by atoms with Crippen molar-refractivity contribution in [1.29, 1.82) is 0 Å². The zero-order valence-corrected chi connectivity index (χ0v) is 32.0. The molecule has 0 saturated heterocycles. The second-order valence-corrected chi connectivity index (χ2v) is 17.3. The smallest absolute Gasteiger partial charge is 0.139 e. The highest BCUT2D eigenvalue weighted by Crippen LogP contribution is 2.47. The van der Waals surface area contributed by atoms with Crippen LogP contribution >= 0.6 is 0 Å². The number of benzene rings is 5. The van der Waals surface area contributed by atoms with Gasteiger partial charge in [-0.2, -0.15) is 0 Å². The van der Waals surface area contributed by atoms with Gasteiger partial charge in [0.15, 0.2) is 0 Å². The Labute approximate surface area is 294 Å². The number of nitrogens with zero attached hydrogens (tertiary/aromatic N) is 1. The predicted molar refractivity (Wildman–Crippen MR) is 229 cm³/mol. The van der Waals surface area contributed by atoms with Crippen molar-refractivity contribution in [2.75, 3.05) is 0 Å². The Morgan fingerprint density at radius 1 is 0.458 bits per heavy atom. The summed E-state index contributed by atoms with van der Waals surface area (Å²) in [5, 5.41) is 2.70. The van der Waals surface area contributed by atoms with Crippen LogP contribution in [0.5, 0.6) is 0 Å². The molecular weight excluding hydrogens is 573 g/mol. The first kappa shape index (κ1) is 34.1. The highest BCUT2D eigenvalue weighted by Gasteiger charge is 2.30. The molecule has 0 aliphatic carbocycles. The summed E-state index contributed by atoms with van der Waals surface area (Å²) in [6, 6.07) is 30.0. The molecule has 0 N–H and O–H groups in total. The Balaban J connectivity index is 1.88. The van der Waals surface area contributed by atoms with Crippen molar-refractivity contribution in [3.63, 3.8) is 0 Å². The van der Waals surface area contributed by atoms with Gasteiger partial charge in [0.25, 0.3) is 0 Å². The third-order valence-corrected chi connectivity index (χ3v) is 11.0. The lowest BCUT2D eigenvalue weighted by atomic mass is 9.59. The SMILES string of the molecule is Bc1c(B)c(B)c(-c2ccc3c(c2C(C)(C)C)c2c(-c4cc(C(C)(C)C)cc(C(C)(C)C)c4)cccc2n3-c2ccccc2)c(B)c1B. The molecule has 0 aliphatic rings. The third-order valence-electron chi connectivity index (χ3n) is 11.0. The summed E-state index contributed by atoms with van der Waals surface area (Å²) in [4.78, 5) is 0. The van der Waals surface area contributed by atoms with E-state index >= 15 is 0 Å². The van der Waals surface area contributed by atoms with Crippen molar-refractivity contribution in [3.05, 3.63) is 95.6 Å². The van der Waals surface area contributed by atoms with Gasteiger partial charge in [0, 0.05) is 16.5 Å². The molecular formula is C42H50B5N. The van der Waals surface area contributed by atoms with E-state index in [1.807, 2.05) is 0 Å². The average molecular weight is 623 g/mol. The lowest BCUT2D eigenvalue weighted by molar-refractivity contribution is 0.569. The molecule has 0 fully saturated rings. The molecule has 0 bridgehead atoms. The maximum atomic E-state index is 2.50. The Morgan fingerprint density at radius 2 is 0.979 bits per heavy atom. The maximum absolute atomic E-state index is 2.50. The zero-order chi connectivity index (χ0) is 35.1. The van der Waals surface area contributed by atoms with E-state index in [0.29, 0.717) is 0 Å². The molecule has 0 spiro atoms. The van der Waals surface area contributed by atoms with Gasteiger partial charge >= 0.3 is 0 Å². The Bertz CT molecular complexity index is 2160. The summed E-state index contributed by atoms with van der Waals surface area (Å²) < 4.78 is 2.50. The van der Waals surface area contributed by atoms with Gasteiger partial charge < -0.3 is 4.57 Å². The van der Waals surface area contributed by atoms with E-state index in [0.717, 1.165) is 0 Å². The van der Waals surface area contributed by atoms with Crippen LogP contribution in [-0.4, -0.2) is 43.8 Å². The molecule has 48 heavy (non-hydrogen) atoms. The van der Waals surface area contributed by atoms with E-state index in [-0.39, 0.29) is 16.2 Å².